The molecule has 1 aliphatic rings. The SMILES string of the molecule is CCC(NC1CSC(C)C1)c1ccc(Br)cc1. The summed E-state index contributed by atoms with van der Waals surface area (Å²) in [6, 6.07) is 9.88. The van der Waals surface area contributed by atoms with Gasteiger partial charge >= 0.3 is 0 Å². The van der Waals surface area contributed by atoms with Gasteiger partial charge in [0.1, 0.15) is 0 Å². The van der Waals surface area contributed by atoms with Crippen molar-refractivity contribution in [2.24, 2.45) is 0 Å². The number of hydrogen-bond donors (Lipinski definition) is 1. The molecule has 1 aliphatic heterocycles. The van der Waals surface area contributed by atoms with Gasteiger partial charge in [-0.3, -0.25) is 0 Å². The van der Waals surface area contributed by atoms with Crippen molar-refractivity contribution in [1.29, 1.82) is 0 Å². The van der Waals surface area contributed by atoms with E-state index in [1.54, 1.807) is 0 Å². The maximum atomic E-state index is 3.80. The molecule has 2 rings (SSSR count). The Morgan fingerprint density at radius 3 is 2.65 bits per heavy atom. The van der Waals surface area contributed by atoms with Crippen LogP contribution in [-0.4, -0.2) is 17.0 Å². The second-order valence-corrected chi connectivity index (χ2v) is 7.14. The Hall–Kier alpha value is 0.01000. The van der Waals surface area contributed by atoms with Crippen LogP contribution in [0.25, 0.3) is 0 Å². The summed E-state index contributed by atoms with van der Waals surface area (Å²) in [4.78, 5) is 0. The Bertz CT molecular complexity index is 352. The van der Waals surface area contributed by atoms with Crippen molar-refractivity contribution in [3.63, 3.8) is 0 Å². The number of hydrogen-bond acceptors (Lipinski definition) is 2. The third-order valence-corrected chi connectivity index (χ3v) is 5.20. The Kier molecular flexibility index (Phi) is 4.95. The molecular formula is C14H20BrNS. The van der Waals surface area contributed by atoms with E-state index in [2.05, 4.69) is 71.1 Å². The molecule has 3 atom stereocenters. The molecule has 1 aromatic rings. The quantitative estimate of drug-likeness (QED) is 0.885. The summed E-state index contributed by atoms with van der Waals surface area (Å²) in [5.41, 5.74) is 1.40. The predicted octanol–water partition coefficient (Wildman–Crippen LogP) is 4.38. The van der Waals surface area contributed by atoms with Crippen LogP contribution in [0, 0.1) is 0 Å². The largest absolute Gasteiger partial charge is 0.306 e. The maximum absolute atomic E-state index is 3.80. The van der Waals surface area contributed by atoms with E-state index in [4.69, 9.17) is 0 Å². The fourth-order valence-electron chi connectivity index (χ4n) is 2.36. The van der Waals surface area contributed by atoms with E-state index in [0.29, 0.717) is 12.1 Å². The summed E-state index contributed by atoms with van der Waals surface area (Å²) >= 11 is 5.57. The van der Waals surface area contributed by atoms with Gasteiger partial charge in [-0.1, -0.05) is 41.9 Å². The van der Waals surface area contributed by atoms with Gasteiger partial charge in [0.05, 0.1) is 0 Å². The highest BCUT2D eigenvalue weighted by atomic mass is 79.9. The molecule has 0 bridgehead atoms. The predicted molar refractivity (Wildman–Crippen MR) is 80.6 cm³/mol. The molecule has 1 heterocycles. The van der Waals surface area contributed by atoms with Crippen LogP contribution < -0.4 is 5.32 Å². The number of thioether (sulfide) groups is 1. The second kappa shape index (κ2) is 6.26. The summed E-state index contributed by atoms with van der Waals surface area (Å²) in [5, 5.41) is 4.61. The van der Waals surface area contributed by atoms with E-state index in [9.17, 15) is 0 Å². The normalized spacial score (nSPS) is 26.1. The summed E-state index contributed by atoms with van der Waals surface area (Å²) in [6.45, 7) is 4.58. The van der Waals surface area contributed by atoms with Crippen LogP contribution in [0.15, 0.2) is 28.7 Å². The van der Waals surface area contributed by atoms with Crippen LogP contribution >= 0.6 is 27.7 Å². The molecule has 0 spiro atoms. The summed E-state index contributed by atoms with van der Waals surface area (Å²) in [6.07, 6.45) is 2.45. The van der Waals surface area contributed by atoms with Crippen molar-refractivity contribution >= 4 is 27.7 Å². The molecule has 1 nitrogen and oxygen atoms in total. The van der Waals surface area contributed by atoms with E-state index in [-0.39, 0.29) is 0 Å². The van der Waals surface area contributed by atoms with Gasteiger partial charge in [0, 0.05) is 27.6 Å². The molecule has 1 fully saturated rings. The van der Waals surface area contributed by atoms with Crippen molar-refractivity contribution in [2.45, 2.75) is 44.0 Å². The lowest BCUT2D eigenvalue weighted by Gasteiger charge is -2.22. The second-order valence-electron chi connectivity index (χ2n) is 4.76. The first-order valence-electron chi connectivity index (χ1n) is 6.32. The van der Waals surface area contributed by atoms with Crippen molar-refractivity contribution in [2.75, 3.05) is 5.75 Å². The zero-order valence-corrected chi connectivity index (χ0v) is 12.9. The first kappa shape index (κ1) is 13.4. The van der Waals surface area contributed by atoms with Gasteiger partial charge in [-0.15, -0.1) is 0 Å². The van der Waals surface area contributed by atoms with Crippen LogP contribution in [-0.2, 0) is 0 Å². The van der Waals surface area contributed by atoms with E-state index < -0.39 is 0 Å². The first-order valence-corrected chi connectivity index (χ1v) is 8.16. The molecule has 3 heteroatoms. The third-order valence-electron chi connectivity index (χ3n) is 3.32. The summed E-state index contributed by atoms with van der Waals surface area (Å²) in [7, 11) is 0. The van der Waals surface area contributed by atoms with Gasteiger partial charge in [-0.2, -0.15) is 11.8 Å². The fourth-order valence-corrected chi connectivity index (χ4v) is 3.79. The molecule has 0 amide bonds. The molecule has 0 radical (unpaired) electrons. The molecule has 0 saturated carbocycles. The smallest absolute Gasteiger partial charge is 0.0320 e. The van der Waals surface area contributed by atoms with Gasteiger partial charge < -0.3 is 5.32 Å². The van der Waals surface area contributed by atoms with Crippen LogP contribution in [0.4, 0.5) is 0 Å². The van der Waals surface area contributed by atoms with E-state index in [0.717, 1.165) is 16.1 Å². The minimum atomic E-state index is 0.499. The molecule has 1 N–H and O–H groups in total. The molecular weight excluding hydrogens is 294 g/mol. The van der Waals surface area contributed by atoms with Crippen LogP contribution in [0.2, 0.25) is 0 Å². The van der Waals surface area contributed by atoms with Crippen molar-refractivity contribution < 1.29 is 0 Å². The van der Waals surface area contributed by atoms with Gasteiger partial charge in [0.15, 0.2) is 0 Å². The van der Waals surface area contributed by atoms with Crippen LogP contribution in [0.1, 0.15) is 38.3 Å². The minimum absolute atomic E-state index is 0.499. The highest BCUT2D eigenvalue weighted by Crippen LogP contribution is 2.29. The number of nitrogens with one attached hydrogen (secondary N) is 1. The lowest BCUT2D eigenvalue weighted by Crippen LogP contribution is -2.32. The lowest BCUT2D eigenvalue weighted by molar-refractivity contribution is 0.442. The van der Waals surface area contributed by atoms with Gasteiger partial charge in [-0.25, -0.2) is 0 Å². The highest BCUT2D eigenvalue weighted by molar-refractivity contribution is 9.10. The molecule has 0 aromatic heterocycles. The average Bonchev–Trinajstić information content (AvgIpc) is 2.73. The Balaban J connectivity index is 1.98. The molecule has 1 aromatic carbocycles. The Morgan fingerprint density at radius 1 is 1.41 bits per heavy atom. The maximum Gasteiger partial charge on any atom is 0.0320 e. The number of halogens is 1. The highest BCUT2D eigenvalue weighted by Gasteiger charge is 2.24. The first-order chi connectivity index (χ1) is 8.19. The zero-order chi connectivity index (χ0) is 12.3. The fraction of sp³-hybridized carbons (Fsp3) is 0.571. The molecule has 1 saturated heterocycles. The van der Waals surface area contributed by atoms with Gasteiger partial charge in [0.2, 0.25) is 0 Å². The Morgan fingerprint density at radius 2 is 2.12 bits per heavy atom. The lowest BCUT2D eigenvalue weighted by atomic mass is 10.0. The average molecular weight is 314 g/mol. The topological polar surface area (TPSA) is 12.0 Å². The molecule has 17 heavy (non-hydrogen) atoms. The van der Waals surface area contributed by atoms with Gasteiger partial charge in [0.25, 0.3) is 0 Å². The van der Waals surface area contributed by atoms with Crippen LogP contribution in [0.3, 0.4) is 0 Å². The van der Waals surface area contributed by atoms with E-state index in [1.807, 2.05) is 0 Å². The van der Waals surface area contributed by atoms with Crippen molar-refractivity contribution in [3.8, 4) is 0 Å². The van der Waals surface area contributed by atoms with E-state index >= 15 is 0 Å². The molecule has 94 valence electrons. The minimum Gasteiger partial charge on any atom is -0.306 e. The van der Waals surface area contributed by atoms with E-state index in [1.165, 1.54) is 17.7 Å². The number of benzene rings is 1. The standard InChI is InChI=1S/C14H20BrNS/c1-3-14(11-4-6-12(15)7-5-11)16-13-8-10(2)17-9-13/h4-7,10,13-14,16H,3,8-9H2,1-2H3. The Labute approximate surface area is 117 Å². The zero-order valence-electron chi connectivity index (χ0n) is 10.4. The number of rotatable bonds is 4. The van der Waals surface area contributed by atoms with Crippen molar-refractivity contribution in [1.82, 2.24) is 5.32 Å². The summed E-state index contributed by atoms with van der Waals surface area (Å²) < 4.78 is 1.15. The van der Waals surface area contributed by atoms with Gasteiger partial charge in [-0.05, 0) is 30.5 Å². The summed E-state index contributed by atoms with van der Waals surface area (Å²) in [5.74, 6) is 1.26. The third kappa shape index (κ3) is 3.73. The van der Waals surface area contributed by atoms with Crippen LogP contribution in [0.5, 0.6) is 0 Å². The van der Waals surface area contributed by atoms with Crippen molar-refractivity contribution in [3.05, 3.63) is 34.3 Å². The molecule has 0 aliphatic carbocycles. The monoisotopic (exact) mass is 313 g/mol. The molecule has 3 unspecified atom stereocenters.